The molecule has 1 fully saturated rings. The number of methoxy groups -OCH3 is 2. The first-order valence-electron chi connectivity index (χ1n) is 11.9. The van der Waals surface area contributed by atoms with Crippen LogP contribution in [0, 0.1) is 0 Å². The van der Waals surface area contributed by atoms with Crippen molar-refractivity contribution in [2.24, 2.45) is 0 Å². The highest BCUT2D eigenvalue weighted by Gasteiger charge is 2.19. The predicted octanol–water partition coefficient (Wildman–Crippen LogP) is 4.16. The number of anilines is 3. The number of nitrogens with one attached hydrogen (secondary N) is 2. The third kappa shape index (κ3) is 4.34. The van der Waals surface area contributed by atoms with Crippen molar-refractivity contribution in [1.82, 2.24) is 29.9 Å². The van der Waals surface area contributed by atoms with E-state index in [1.54, 1.807) is 32.8 Å². The highest BCUT2D eigenvalue weighted by atomic mass is 35.5. The molecule has 2 N–H and O–H groups in total. The third-order valence-corrected chi connectivity index (χ3v) is 6.87. The maximum absolute atomic E-state index is 6.68. The number of piperazine rings is 1. The van der Waals surface area contributed by atoms with Crippen LogP contribution in [-0.2, 0) is 0 Å². The van der Waals surface area contributed by atoms with Crippen LogP contribution in [0.2, 0.25) is 5.02 Å². The number of halogens is 1. The van der Waals surface area contributed by atoms with E-state index in [2.05, 4.69) is 42.8 Å². The Morgan fingerprint density at radius 3 is 2.54 bits per heavy atom. The number of hydrogen-bond acceptors (Lipinski definition) is 9. The molecule has 0 aliphatic carbocycles. The highest BCUT2D eigenvalue weighted by Crippen LogP contribution is 2.41. The van der Waals surface area contributed by atoms with Crippen LogP contribution in [0.5, 0.6) is 11.5 Å². The molecule has 1 aliphatic heterocycles. The molecule has 0 spiro atoms. The molecular weight excluding hydrogens is 492 g/mol. The van der Waals surface area contributed by atoms with E-state index in [1.807, 2.05) is 28.7 Å². The van der Waals surface area contributed by atoms with Gasteiger partial charge in [-0.2, -0.15) is 4.98 Å². The first kappa shape index (κ1) is 23.3. The average Bonchev–Trinajstić information content (AvgIpc) is 3.44. The van der Waals surface area contributed by atoms with Gasteiger partial charge < -0.3 is 25.0 Å². The molecule has 1 saturated heterocycles. The summed E-state index contributed by atoms with van der Waals surface area (Å²) in [4.78, 5) is 11.7. The number of ether oxygens (including phenoxy) is 2. The molecule has 1 aliphatic rings. The Morgan fingerprint density at radius 2 is 1.78 bits per heavy atom. The van der Waals surface area contributed by atoms with Crippen molar-refractivity contribution in [1.29, 1.82) is 0 Å². The van der Waals surface area contributed by atoms with Gasteiger partial charge in [0.05, 0.1) is 19.2 Å². The second kappa shape index (κ2) is 9.72. The maximum Gasteiger partial charge on any atom is 0.229 e. The normalized spacial score (nSPS) is 13.8. The minimum Gasteiger partial charge on any atom is -0.497 e. The standard InChI is InChI=1S/C26H25ClN8O2/c1-36-19-12-20(23(27)22(13-19)37-2)21-11-16-14-29-26(32-24(16)35-15-30-33-25(21)35)31-17-3-5-18(6-4-17)34-9-7-28-8-10-34/h3-6,11-15,28H,7-10H2,1-2H3,(H,29,31,32). The number of aromatic nitrogens is 5. The van der Waals surface area contributed by atoms with Crippen molar-refractivity contribution < 1.29 is 9.47 Å². The highest BCUT2D eigenvalue weighted by molar-refractivity contribution is 6.35. The molecule has 6 rings (SSSR count). The van der Waals surface area contributed by atoms with Crippen molar-refractivity contribution in [3.63, 3.8) is 0 Å². The average molecular weight is 517 g/mol. The number of rotatable bonds is 6. The van der Waals surface area contributed by atoms with Gasteiger partial charge in [-0.1, -0.05) is 11.6 Å². The van der Waals surface area contributed by atoms with Gasteiger partial charge >= 0.3 is 0 Å². The molecular formula is C26H25ClN8O2. The summed E-state index contributed by atoms with van der Waals surface area (Å²) in [5.74, 6) is 1.60. The smallest absolute Gasteiger partial charge is 0.229 e. The number of fused-ring (bicyclic) bond motifs is 3. The van der Waals surface area contributed by atoms with Gasteiger partial charge in [-0.15, -0.1) is 10.2 Å². The molecule has 37 heavy (non-hydrogen) atoms. The second-order valence-electron chi connectivity index (χ2n) is 8.66. The van der Waals surface area contributed by atoms with Crippen molar-refractivity contribution in [2.75, 3.05) is 50.6 Å². The minimum absolute atomic E-state index is 0.455. The summed E-state index contributed by atoms with van der Waals surface area (Å²) in [5.41, 5.74) is 4.87. The Labute approximate surface area is 218 Å². The molecule has 11 heteroatoms. The maximum atomic E-state index is 6.68. The summed E-state index contributed by atoms with van der Waals surface area (Å²) < 4.78 is 12.7. The van der Waals surface area contributed by atoms with Gasteiger partial charge in [-0.05, 0) is 36.4 Å². The van der Waals surface area contributed by atoms with Gasteiger partial charge in [0.2, 0.25) is 5.95 Å². The molecule has 188 valence electrons. The first-order chi connectivity index (χ1) is 18.1. The Balaban J connectivity index is 1.36. The zero-order valence-electron chi connectivity index (χ0n) is 20.4. The monoisotopic (exact) mass is 516 g/mol. The summed E-state index contributed by atoms with van der Waals surface area (Å²) in [5, 5.41) is 16.4. The minimum atomic E-state index is 0.455. The molecule has 3 aromatic heterocycles. The van der Waals surface area contributed by atoms with Crippen LogP contribution in [0.3, 0.4) is 0 Å². The van der Waals surface area contributed by atoms with E-state index in [9.17, 15) is 0 Å². The molecule has 0 bridgehead atoms. The topological polar surface area (TPSA) is 102 Å². The van der Waals surface area contributed by atoms with Gasteiger partial charge in [0.1, 0.15) is 17.8 Å². The van der Waals surface area contributed by atoms with Crippen molar-refractivity contribution in [2.45, 2.75) is 0 Å². The predicted molar refractivity (Wildman–Crippen MR) is 144 cm³/mol. The van der Waals surface area contributed by atoms with Crippen LogP contribution < -0.4 is 25.0 Å². The van der Waals surface area contributed by atoms with Crippen LogP contribution in [-0.4, -0.2) is 65.0 Å². The zero-order chi connectivity index (χ0) is 25.4. The summed E-state index contributed by atoms with van der Waals surface area (Å²) in [6, 6.07) is 13.9. The van der Waals surface area contributed by atoms with Gasteiger partial charge in [0.15, 0.2) is 11.3 Å². The number of pyridine rings is 1. The van der Waals surface area contributed by atoms with E-state index >= 15 is 0 Å². The number of benzene rings is 2. The third-order valence-electron chi connectivity index (χ3n) is 6.48. The van der Waals surface area contributed by atoms with Crippen molar-refractivity contribution in [3.8, 4) is 22.6 Å². The lowest BCUT2D eigenvalue weighted by Crippen LogP contribution is -2.43. The van der Waals surface area contributed by atoms with E-state index in [4.69, 9.17) is 26.1 Å². The SMILES string of the molecule is COc1cc(OC)c(Cl)c(-c2cc3cnc(Nc4ccc(N5CCNCC5)cc4)nc3n3cnnc23)c1. The molecule has 0 saturated carbocycles. The van der Waals surface area contributed by atoms with E-state index in [-0.39, 0.29) is 0 Å². The van der Waals surface area contributed by atoms with Gasteiger partial charge in [0.25, 0.3) is 0 Å². The molecule has 0 amide bonds. The second-order valence-corrected chi connectivity index (χ2v) is 9.03. The van der Waals surface area contributed by atoms with E-state index < -0.39 is 0 Å². The number of nitrogens with zero attached hydrogens (tertiary/aromatic N) is 6. The molecule has 2 aromatic carbocycles. The Hall–Kier alpha value is -4.15. The van der Waals surface area contributed by atoms with Crippen LogP contribution in [0.15, 0.2) is 55.0 Å². The van der Waals surface area contributed by atoms with Gasteiger partial charge in [0, 0.05) is 66.3 Å². The molecule has 0 radical (unpaired) electrons. The van der Waals surface area contributed by atoms with E-state index in [0.717, 1.165) is 42.8 Å². The fraction of sp³-hybridized carbons (Fsp3) is 0.231. The lowest BCUT2D eigenvalue weighted by molar-refractivity contribution is 0.395. The van der Waals surface area contributed by atoms with Crippen LogP contribution in [0.4, 0.5) is 17.3 Å². The lowest BCUT2D eigenvalue weighted by Gasteiger charge is -2.29. The Morgan fingerprint density at radius 1 is 0.973 bits per heavy atom. The van der Waals surface area contributed by atoms with Gasteiger partial charge in [-0.3, -0.25) is 4.40 Å². The van der Waals surface area contributed by atoms with Gasteiger partial charge in [-0.25, -0.2) is 4.98 Å². The summed E-state index contributed by atoms with van der Waals surface area (Å²) in [7, 11) is 3.17. The largest absolute Gasteiger partial charge is 0.497 e. The van der Waals surface area contributed by atoms with Crippen molar-refractivity contribution >= 4 is 45.6 Å². The summed E-state index contributed by atoms with van der Waals surface area (Å²) in [6.45, 7) is 4.01. The summed E-state index contributed by atoms with van der Waals surface area (Å²) in [6.07, 6.45) is 3.40. The summed E-state index contributed by atoms with van der Waals surface area (Å²) >= 11 is 6.68. The number of hydrogen-bond donors (Lipinski definition) is 2. The van der Waals surface area contributed by atoms with Crippen LogP contribution >= 0.6 is 11.6 Å². The molecule has 0 atom stereocenters. The van der Waals surface area contributed by atoms with E-state index in [1.165, 1.54) is 5.69 Å². The molecule has 0 unspecified atom stereocenters. The Bertz CT molecular complexity index is 1580. The Kier molecular flexibility index (Phi) is 6.11. The molecule has 5 aromatic rings. The fourth-order valence-corrected chi connectivity index (χ4v) is 4.86. The molecule has 4 heterocycles. The zero-order valence-corrected chi connectivity index (χ0v) is 21.2. The van der Waals surface area contributed by atoms with Crippen LogP contribution in [0.1, 0.15) is 0 Å². The first-order valence-corrected chi connectivity index (χ1v) is 12.3. The van der Waals surface area contributed by atoms with E-state index in [0.29, 0.717) is 39.3 Å². The quantitative estimate of drug-likeness (QED) is 0.344. The lowest BCUT2D eigenvalue weighted by atomic mass is 10.0. The fourth-order valence-electron chi connectivity index (χ4n) is 4.57. The van der Waals surface area contributed by atoms with Crippen molar-refractivity contribution in [3.05, 3.63) is 60.0 Å². The van der Waals surface area contributed by atoms with Crippen LogP contribution in [0.25, 0.3) is 27.8 Å². The molecule has 10 nitrogen and oxygen atoms in total.